The molecule has 0 saturated heterocycles. The van der Waals surface area contributed by atoms with E-state index in [1.807, 2.05) is 13.8 Å². The number of halogens is 1. The Labute approximate surface area is 138 Å². The minimum Gasteiger partial charge on any atom is -0.481 e. The highest BCUT2D eigenvalue weighted by atomic mass is 32.1. The minimum atomic E-state index is -0.972. The molecule has 0 aliphatic rings. The Kier molecular flexibility index (Phi) is 4.75. The van der Waals surface area contributed by atoms with Gasteiger partial charge >= 0.3 is 5.97 Å². The number of rotatable bonds is 5. The molecule has 1 aromatic carbocycles. The van der Waals surface area contributed by atoms with Gasteiger partial charge in [-0.25, -0.2) is 4.39 Å². The summed E-state index contributed by atoms with van der Waals surface area (Å²) in [4.78, 5) is 24.1. The maximum Gasteiger partial charge on any atom is 0.305 e. The smallest absolute Gasteiger partial charge is 0.305 e. The van der Waals surface area contributed by atoms with E-state index in [1.165, 1.54) is 17.4 Å². The van der Waals surface area contributed by atoms with Gasteiger partial charge in [-0.05, 0) is 37.5 Å². The summed E-state index contributed by atoms with van der Waals surface area (Å²) in [5.74, 6) is -1.75. The first-order valence-electron chi connectivity index (χ1n) is 7.37. The molecule has 1 aromatic heterocycles. The lowest BCUT2D eigenvalue weighted by Crippen LogP contribution is -2.51. The number of carboxylic acids is 1. The fourth-order valence-corrected chi connectivity index (χ4v) is 3.61. The lowest BCUT2D eigenvalue weighted by molar-refractivity contribution is -0.138. The summed E-state index contributed by atoms with van der Waals surface area (Å²) in [7, 11) is 0. The summed E-state index contributed by atoms with van der Waals surface area (Å²) in [5.41, 5.74) is -0.286. The molecule has 1 unspecified atom stereocenters. The Hall–Kier alpha value is -1.95. The molecular weight excluding hydrogens is 317 g/mol. The highest BCUT2D eigenvalue weighted by Gasteiger charge is 2.34. The van der Waals surface area contributed by atoms with Crippen LogP contribution in [0, 0.1) is 18.7 Å². The van der Waals surface area contributed by atoms with Crippen molar-refractivity contribution >= 4 is 33.3 Å². The van der Waals surface area contributed by atoms with Crippen molar-refractivity contribution in [1.82, 2.24) is 5.32 Å². The number of aliphatic carboxylic acids is 1. The number of hydrogen-bond acceptors (Lipinski definition) is 3. The average molecular weight is 337 g/mol. The third-order valence-electron chi connectivity index (χ3n) is 4.30. The van der Waals surface area contributed by atoms with Crippen LogP contribution in [0.1, 0.15) is 42.4 Å². The zero-order chi connectivity index (χ0) is 17.4. The van der Waals surface area contributed by atoms with E-state index in [0.29, 0.717) is 20.5 Å². The van der Waals surface area contributed by atoms with Gasteiger partial charge in [0, 0.05) is 10.1 Å². The maximum absolute atomic E-state index is 14.0. The first-order valence-corrected chi connectivity index (χ1v) is 8.19. The summed E-state index contributed by atoms with van der Waals surface area (Å²) >= 11 is 1.22. The van der Waals surface area contributed by atoms with E-state index in [2.05, 4.69) is 5.32 Å². The fraction of sp³-hybridized carbons (Fsp3) is 0.412. The largest absolute Gasteiger partial charge is 0.481 e. The number of carbonyl (C=O) groups is 2. The molecule has 2 rings (SSSR count). The van der Waals surface area contributed by atoms with Crippen LogP contribution < -0.4 is 5.32 Å². The molecule has 0 saturated carbocycles. The number of benzene rings is 1. The Morgan fingerprint density at radius 3 is 2.57 bits per heavy atom. The average Bonchev–Trinajstić information content (AvgIpc) is 2.76. The quantitative estimate of drug-likeness (QED) is 0.867. The summed E-state index contributed by atoms with van der Waals surface area (Å²) in [6, 6.07) is 4.75. The van der Waals surface area contributed by atoms with E-state index in [1.54, 1.807) is 26.0 Å². The number of carbonyl (C=O) groups excluding carboxylic acids is 1. The van der Waals surface area contributed by atoms with Crippen LogP contribution in [0.3, 0.4) is 0 Å². The van der Waals surface area contributed by atoms with Gasteiger partial charge in [-0.3, -0.25) is 9.59 Å². The number of hydrogen-bond donors (Lipinski definition) is 2. The van der Waals surface area contributed by atoms with Gasteiger partial charge in [0.2, 0.25) is 0 Å². The number of fused-ring (bicyclic) bond motifs is 1. The molecule has 0 spiro atoms. The van der Waals surface area contributed by atoms with Crippen LogP contribution in [0.4, 0.5) is 4.39 Å². The molecule has 0 radical (unpaired) electrons. The molecule has 0 fully saturated rings. The van der Waals surface area contributed by atoms with Crippen molar-refractivity contribution in [3.8, 4) is 0 Å². The van der Waals surface area contributed by atoms with Crippen LogP contribution in [-0.4, -0.2) is 22.5 Å². The molecule has 0 aliphatic carbocycles. The topological polar surface area (TPSA) is 66.4 Å². The highest BCUT2D eigenvalue weighted by Crippen LogP contribution is 2.33. The second kappa shape index (κ2) is 6.28. The molecule has 1 heterocycles. The minimum absolute atomic E-state index is 0.0611. The molecule has 4 nitrogen and oxygen atoms in total. The van der Waals surface area contributed by atoms with Gasteiger partial charge in [0.25, 0.3) is 5.91 Å². The molecule has 23 heavy (non-hydrogen) atoms. The second-order valence-corrected chi connectivity index (χ2v) is 7.32. The number of thiophene rings is 1. The SMILES string of the molecule is Cc1c(C(=O)NC(C)(CC(=O)O)C(C)C)sc2cccc(F)c12. The van der Waals surface area contributed by atoms with Crippen molar-refractivity contribution in [2.24, 2.45) is 5.92 Å². The van der Waals surface area contributed by atoms with Crippen LogP contribution >= 0.6 is 11.3 Å². The van der Waals surface area contributed by atoms with Gasteiger partial charge in [0.1, 0.15) is 5.82 Å². The Morgan fingerprint density at radius 2 is 2.04 bits per heavy atom. The first kappa shape index (κ1) is 17.4. The zero-order valence-corrected chi connectivity index (χ0v) is 14.4. The van der Waals surface area contributed by atoms with Crippen molar-refractivity contribution in [3.63, 3.8) is 0 Å². The standard InChI is InChI=1S/C17H20FNO3S/c1-9(2)17(4,8-13(20)21)19-16(22)15-10(3)14-11(18)6-5-7-12(14)23-15/h5-7,9H,8H2,1-4H3,(H,19,22)(H,20,21). The van der Waals surface area contributed by atoms with Crippen LogP contribution in [0.25, 0.3) is 10.1 Å². The van der Waals surface area contributed by atoms with Crippen LogP contribution in [0.2, 0.25) is 0 Å². The summed E-state index contributed by atoms with van der Waals surface area (Å²) in [5, 5.41) is 12.4. The third-order valence-corrected chi connectivity index (χ3v) is 5.56. The van der Waals surface area contributed by atoms with Gasteiger partial charge in [0.05, 0.1) is 16.8 Å². The Morgan fingerprint density at radius 1 is 1.39 bits per heavy atom. The van der Waals surface area contributed by atoms with E-state index in [0.717, 1.165) is 0 Å². The van der Waals surface area contributed by atoms with Gasteiger partial charge in [-0.1, -0.05) is 19.9 Å². The summed E-state index contributed by atoms with van der Waals surface area (Å²) < 4.78 is 14.7. The van der Waals surface area contributed by atoms with E-state index < -0.39 is 11.5 Å². The van der Waals surface area contributed by atoms with Gasteiger partial charge in [0.15, 0.2) is 0 Å². The molecule has 124 valence electrons. The molecule has 2 N–H and O–H groups in total. The fourth-order valence-electron chi connectivity index (χ4n) is 2.49. The van der Waals surface area contributed by atoms with Crippen LogP contribution in [0.15, 0.2) is 18.2 Å². The lowest BCUT2D eigenvalue weighted by atomic mass is 9.85. The first-order chi connectivity index (χ1) is 10.7. The number of carboxylic acid groups (broad SMARTS) is 1. The van der Waals surface area contributed by atoms with Crippen LogP contribution in [-0.2, 0) is 4.79 Å². The van der Waals surface area contributed by atoms with Crippen molar-refractivity contribution in [3.05, 3.63) is 34.5 Å². The van der Waals surface area contributed by atoms with E-state index in [9.17, 15) is 14.0 Å². The van der Waals surface area contributed by atoms with Gasteiger partial charge in [-0.2, -0.15) is 0 Å². The van der Waals surface area contributed by atoms with E-state index in [-0.39, 0.29) is 24.1 Å². The van der Waals surface area contributed by atoms with Crippen molar-refractivity contribution < 1.29 is 19.1 Å². The van der Waals surface area contributed by atoms with Crippen molar-refractivity contribution in [1.29, 1.82) is 0 Å². The predicted molar refractivity (Wildman–Crippen MR) is 89.5 cm³/mol. The molecule has 0 bridgehead atoms. The lowest BCUT2D eigenvalue weighted by Gasteiger charge is -2.33. The third kappa shape index (κ3) is 3.37. The zero-order valence-electron chi connectivity index (χ0n) is 13.6. The van der Waals surface area contributed by atoms with Crippen molar-refractivity contribution in [2.75, 3.05) is 0 Å². The molecule has 1 atom stereocenters. The molecule has 6 heteroatoms. The van der Waals surface area contributed by atoms with Crippen molar-refractivity contribution in [2.45, 2.75) is 39.7 Å². The summed E-state index contributed by atoms with van der Waals surface area (Å²) in [6.45, 7) is 7.15. The molecule has 2 aromatic rings. The Balaban J connectivity index is 2.39. The van der Waals surface area contributed by atoms with Gasteiger partial charge < -0.3 is 10.4 Å². The highest BCUT2D eigenvalue weighted by molar-refractivity contribution is 7.21. The van der Waals surface area contributed by atoms with Gasteiger partial charge in [-0.15, -0.1) is 11.3 Å². The predicted octanol–water partition coefficient (Wildman–Crippen LogP) is 3.97. The summed E-state index contributed by atoms with van der Waals surface area (Å²) in [6.07, 6.45) is -0.172. The number of amides is 1. The van der Waals surface area contributed by atoms with Crippen LogP contribution in [0.5, 0.6) is 0 Å². The molecule has 0 aliphatic heterocycles. The maximum atomic E-state index is 14.0. The second-order valence-electron chi connectivity index (χ2n) is 6.27. The van der Waals surface area contributed by atoms with E-state index >= 15 is 0 Å². The molecular formula is C17H20FNO3S. The molecule has 1 amide bonds. The Bertz CT molecular complexity index is 769. The number of aryl methyl sites for hydroxylation is 1. The monoisotopic (exact) mass is 337 g/mol. The van der Waals surface area contributed by atoms with E-state index in [4.69, 9.17) is 5.11 Å². The normalized spacial score (nSPS) is 14.0. The number of nitrogens with one attached hydrogen (secondary N) is 1.